The molecule has 30 heavy (non-hydrogen) atoms. The minimum Gasteiger partial charge on any atom is -0.347 e. The molecule has 1 aromatic heterocycles. The van der Waals surface area contributed by atoms with E-state index in [0.29, 0.717) is 31.6 Å². The molecule has 3 rings (SSSR count). The maximum atomic E-state index is 12.6. The molecule has 7 nitrogen and oxygen atoms in total. The van der Waals surface area contributed by atoms with Crippen molar-refractivity contribution in [3.8, 4) is 0 Å². The Kier molecular flexibility index (Phi) is 6.57. The highest BCUT2D eigenvalue weighted by molar-refractivity contribution is 7.89. The molecule has 4 N–H and O–H groups in total. The van der Waals surface area contributed by atoms with E-state index in [9.17, 15) is 18.0 Å². The lowest BCUT2D eigenvalue weighted by Gasteiger charge is -2.06. The van der Waals surface area contributed by atoms with Crippen LogP contribution >= 0.6 is 22.9 Å². The Morgan fingerprint density at radius 1 is 1.07 bits per heavy atom. The third-order valence-electron chi connectivity index (χ3n) is 4.16. The van der Waals surface area contributed by atoms with Crippen LogP contribution in [0.25, 0.3) is 0 Å². The van der Waals surface area contributed by atoms with Crippen LogP contribution in [0.1, 0.15) is 31.2 Å². The number of nitrogens with one attached hydrogen (secondary N) is 2. The van der Waals surface area contributed by atoms with Gasteiger partial charge in [0.05, 0.1) is 25.4 Å². The molecule has 0 aliphatic rings. The lowest BCUT2D eigenvalue weighted by Crippen LogP contribution is -2.22. The van der Waals surface area contributed by atoms with E-state index in [0.717, 1.165) is 11.3 Å². The van der Waals surface area contributed by atoms with Gasteiger partial charge in [-0.15, -0.1) is 11.3 Å². The molecule has 2 aromatic carbocycles. The predicted octanol–water partition coefficient (Wildman–Crippen LogP) is 3.54. The number of hydrogen-bond donors (Lipinski definition) is 3. The number of hydrogen-bond acceptors (Lipinski definition) is 5. The van der Waals surface area contributed by atoms with Crippen LogP contribution in [0, 0.1) is 6.92 Å². The Bertz CT molecular complexity index is 1220. The van der Waals surface area contributed by atoms with E-state index in [1.54, 1.807) is 49.4 Å². The van der Waals surface area contributed by atoms with Crippen molar-refractivity contribution in [2.75, 3.05) is 5.32 Å². The van der Waals surface area contributed by atoms with Crippen molar-refractivity contribution in [2.24, 2.45) is 5.14 Å². The van der Waals surface area contributed by atoms with Gasteiger partial charge in [-0.2, -0.15) is 0 Å². The molecule has 0 spiro atoms. The molecule has 0 saturated carbocycles. The summed E-state index contributed by atoms with van der Waals surface area (Å²) in [7, 11) is -3.82. The van der Waals surface area contributed by atoms with E-state index in [1.165, 1.54) is 12.1 Å². The Morgan fingerprint density at radius 2 is 1.80 bits per heavy atom. The third-order valence-corrected chi connectivity index (χ3v) is 6.55. The summed E-state index contributed by atoms with van der Waals surface area (Å²) in [6.07, 6.45) is 0. The standard InChI is InChI=1S/C20H18ClN3O4S2/c1-12-9-17(24-19(25)15-7-2-3-8-16(15)21)29-18(12)20(26)23-11-13-5-4-6-14(10-13)30(22,27)28/h2-10H,11H2,1H3,(H,23,26)(H,24,25)(H2,22,27,28). The number of amides is 2. The van der Waals surface area contributed by atoms with Crippen LogP contribution < -0.4 is 15.8 Å². The highest BCUT2D eigenvalue weighted by Crippen LogP contribution is 2.28. The molecular weight excluding hydrogens is 446 g/mol. The fourth-order valence-corrected chi connectivity index (χ4v) is 4.48. The number of nitrogens with two attached hydrogens (primary N) is 1. The summed E-state index contributed by atoms with van der Waals surface area (Å²) in [5.74, 6) is -0.703. The van der Waals surface area contributed by atoms with Crippen LogP contribution in [0.2, 0.25) is 5.02 Å². The van der Waals surface area contributed by atoms with Gasteiger partial charge in [-0.25, -0.2) is 13.6 Å². The smallest absolute Gasteiger partial charge is 0.261 e. The first-order valence-corrected chi connectivity index (χ1v) is 11.5. The second-order valence-corrected chi connectivity index (χ2v) is 9.45. The molecule has 0 saturated heterocycles. The van der Waals surface area contributed by atoms with E-state index in [2.05, 4.69) is 10.6 Å². The van der Waals surface area contributed by atoms with Crippen molar-refractivity contribution in [2.45, 2.75) is 18.4 Å². The topological polar surface area (TPSA) is 118 Å². The van der Waals surface area contributed by atoms with Crippen molar-refractivity contribution in [1.82, 2.24) is 5.32 Å². The Morgan fingerprint density at radius 3 is 2.50 bits per heavy atom. The molecule has 3 aromatic rings. The summed E-state index contributed by atoms with van der Waals surface area (Å²) in [5.41, 5.74) is 1.63. The molecule has 0 aliphatic heterocycles. The third kappa shape index (κ3) is 5.25. The number of anilines is 1. The predicted molar refractivity (Wildman–Crippen MR) is 117 cm³/mol. The lowest BCUT2D eigenvalue weighted by atomic mass is 10.2. The van der Waals surface area contributed by atoms with Gasteiger partial charge in [0.25, 0.3) is 11.8 Å². The fraction of sp³-hybridized carbons (Fsp3) is 0.100. The van der Waals surface area contributed by atoms with Crippen LogP contribution in [-0.2, 0) is 16.6 Å². The van der Waals surface area contributed by atoms with Gasteiger partial charge in [0.15, 0.2) is 0 Å². The van der Waals surface area contributed by atoms with Crippen molar-refractivity contribution in [3.05, 3.63) is 81.2 Å². The van der Waals surface area contributed by atoms with Crippen LogP contribution in [-0.4, -0.2) is 20.2 Å². The van der Waals surface area contributed by atoms with E-state index in [-0.39, 0.29) is 23.3 Å². The Hall–Kier alpha value is -2.72. The van der Waals surface area contributed by atoms with Gasteiger partial charge in [-0.05, 0) is 48.4 Å². The van der Waals surface area contributed by atoms with Gasteiger partial charge in [0, 0.05) is 6.54 Å². The average Bonchev–Trinajstić information content (AvgIpc) is 3.06. The molecular formula is C20H18ClN3O4S2. The van der Waals surface area contributed by atoms with Gasteiger partial charge in [0.2, 0.25) is 10.0 Å². The summed E-state index contributed by atoms with van der Waals surface area (Å²) < 4.78 is 22.9. The maximum absolute atomic E-state index is 12.6. The number of aryl methyl sites for hydroxylation is 1. The van der Waals surface area contributed by atoms with Crippen LogP contribution in [0.15, 0.2) is 59.5 Å². The number of primary sulfonamides is 1. The normalized spacial score (nSPS) is 11.2. The number of sulfonamides is 1. The summed E-state index contributed by atoms with van der Waals surface area (Å²) in [5, 5.41) is 11.5. The number of rotatable bonds is 6. The van der Waals surface area contributed by atoms with Gasteiger partial charge in [-0.3, -0.25) is 9.59 Å². The van der Waals surface area contributed by atoms with E-state index in [1.807, 2.05) is 0 Å². The second kappa shape index (κ2) is 8.97. The molecule has 1 heterocycles. The molecule has 0 fully saturated rings. The van der Waals surface area contributed by atoms with Crippen LogP contribution in [0.3, 0.4) is 0 Å². The van der Waals surface area contributed by atoms with Gasteiger partial charge in [-0.1, -0.05) is 35.9 Å². The molecule has 0 aliphatic carbocycles. The van der Waals surface area contributed by atoms with Gasteiger partial charge >= 0.3 is 0 Å². The van der Waals surface area contributed by atoms with Gasteiger partial charge < -0.3 is 10.6 Å². The summed E-state index contributed by atoms with van der Waals surface area (Å²) in [6.45, 7) is 1.89. The van der Waals surface area contributed by atoms with Crippen molar-refractivity contribution >= 4 is 49.8 Å². The molecule has 0 atom stereocenters. The fourth-order valence-electron chi connectivity index (χ4n) is 2.69. The van der Waals surface area contributed by atoms with Crippen molar-refractivity contribution in [1.29, 1.82) is 0 Å². The largest absolute Gasteiger partial charge is 0.347 e. The van der Waals surface area contributed by atoms with Gasteiger partial charge in [0.1, 0.15) is 0 Å². The first-order chi connectivity index (χ1) is 14.1. The van der Waals surface area contributed by atoms with Crippen LogP contribution in [0.5, 0.6) is 0 Å². The summed E-state index contributed by atoms with van der Waals surface area (Å²) in [6, 6.07) is 14.4. The first-order valence-electron chi connectivity index (χ1n) is 8.71. The lowest BCUT2D eigenvalue weighted by molar-refractivity contribution is 0.0953. The molecule has 2 amide bonds. The minimum absolute atomic E-state index is 0.0221. The number of carbonyl (C=O) groups excluding carboxylic acids is 2. The molecule has 156 valence electrons. The van der Waals surface area contributed by atoms with Crippen molar-refractivity contribution in [3.63, 3.8) is 0 Å². The monoisotopic (exact) mass is 463 g/mol. The highest BCUT2D eigenvalue weighted by atomic mass is 35.5. The SMILES string of the molecule is Cc1cc(NC(=O)c2ccccc2Cl)sc1C(=O)NCc1cccc(S(N)(=O)=O)c1. The number of benzene rings is 2. The molecule has 0 radical (unpaired) electrons. The number of carbonyl (C=O) groups is 2. The highest BCUT2D eigenvalue weighted by Gasteiger charge is 2.17. The van der Waals surface area contributed by atoms with E-state index >= 15 is 0 Å². The van der Waals surface area contributed by atoms with Crippen LogP contribution in [0.4, 0.5) is 5.00 Å². The zero-order valence-corrected chi connectivity index (χ0v) is 18.2. The summed E-state index contributed by atoms with van der Waals surface area (Å²) in [4.78, 5) is 25.4. The summed E-state index contributed by atoms with van der Waals surface area (Å²) >= 11 is 7.18. The van der Waals surface area contributed by atoms with Crippen molar-refractivity contribution < 1.29 is 18.0 Å². The zero-order valence-electron chi connectivity index (χ0n) is 15.8. The average molecular weight is 464 g/mol. The number of thiophene rings is 1. The first kappa shape index (κ1) is 22.0. The Labute approximate surface area is 182 Å². The maximum Gasteiger partial charge on any atom is 0.261 e. The minimum atomic E-state index is -3.82. The van der Waals surface area contributed by atoms with E-state index < -0.39 is 10.0 Å². The molecule has 0 unspecified atom stereocenters. The quantitative estimate of drug-likeness (QED) is 0.518. The van der Waals surface area contributed by atoms with E-state index in [4.69, 9.17) is 16.7 Å². The molecule has 0 bridgehead atoms. The molecule has 10 heteroatoms. The second-order valence-electron chi connectivity index (χ2n) is 6.43. The zero-order chi connectivity index (χ0) is 21.9. The number of halogens is 1. The Balaban J connectivity index is 1.68.